The Morgan fingerprint density at radius 1 is 1.06 bits per heavy atom. The summed E-state index contributed by atoms with van der Waals surface area (Å²) in [5.74, 6) is 1.45. The van der Waals surface area contributed by atoms with Crippen molar-refractivity contribution in [2.24, 2.45) is 16.7 Å². The van der Waals surface area contributed by atoms with Crippen molar-refractivity contribution < 1.29 is 0 Å². The molecule has 0 heteroatoms. The fourth-order valence-electron chi connectivity index (χ4n) is 3.73. The van der Waals surface area contributed by atoms with E-state index in [1.54, 1.807) is 0 Å². The SMILES string of the molecule is CC12C=CC(C(c3ccccc3)C1)C2(C)C. The largest absolute Gasteiger partial charge is 0.0837 e. The number of rotatable bonds is 1. The van der Waals surface area contributed by atoms with E-state index in [-0.39, 0.29) is 0 Å². The molecule has 2 aliphatic rings. The van der Waals surface area contributed by atoms with Crippen molar-refractivity contribution in [3.8, 4) is 0 Å². The summed E-state index contributed by atoms with van der Waals surface area (Å²) >= 11 is 0. The molecule has 0 N–H and O–H groups in total. The molecule has 2 aliphatic carbocycles. The van der Waals surface area contributed by atoms with Gasteiger partial charge in [-0.1, -0.05) is 63.3 Å². The zero-order chi connectivity index (χ0) is 11.4. The van der Waals surface area contributed by atoms with Crippen LogP contribution in [-0.4, -0.2) is 0 Å². The summed E-state index contributed by atoms with van der Waals surface area (Å²) in [5.41, 5.74) is 2.35. The number of hydrogen-bond donors (Lipinski definition) is 0. The van der Waals surface area contributed by atoms with Gasteiger partial charge in [-0.15, -0.1) is 0 Å². The third-order valence-corrected chi connectivity index (χ3v) is 5.28. The molecule has 84 valence electrons. The first-order chi connectivity index (χ1) is 7.55. The fourth-order valence-corrected chi connectivity index (χ4v) is 3.73. The molecule has 0 saturated heterocycles. The second-order valence-corrected chi connectivity index (χ2v) is 6.25. The minimum absolute atomic E-state index is 0.401. The molecule has 3 rings (SSSR count). The zero-order valence-corrected chi connectivity index (χ0v) is 10.4. The summed E-state index contributed by atoms with van der Waals surface area (Å²) in [5, 5.41) is 0. The molecule has 0 aromatic heterocycles. The maximum Gasteiger partial charge on any atom is -0.00834 e. The molecular weight excluding hydrogens is 192 g/mol. The number of allylic oxidation sites excluding steroid dienone is 2. The van der Waals surface area contributed by atoms with E-state index in [9.17, 15) is 0 Å². The van der Waals surface area contributed by atoms with Crippen LogP contribution in [-0.2, 0) is 0 Å². The van der Waals surface area contributed by atoms with Crippen LogP contribution in [0.4, 0.5) is 0 Å². The lowest BCUT2D eigenvalue weighted by Gasteiger charge is -2.33. The van der Waals surface area contributed by atoms with Crippen LogP contribution < -0.4 is 0 Å². The molecule has 1 aromatic rings. The molecule has 3 atom stereocenters. The smallest absolute Gasteiger partial charge is 0.00834 e. The van der Waals surface area contributed by atoms with Gasteiger partial charge in [-0.25, -0.2) is 0 Å². The van der Waals surface area contributed by atoms with Gasteiger partial charge in [0.05, 0.1) is 0 Å². The number of fused-ring (bicyclic) bond motifs is 2. The van der Waals surface area contributed by atoms with Gasteiger partial charge in [-0.05, 0) is 34.7 Å². The first-order valence-electron chi connectivity index (χ1n) is 6.29. The predicted molar refractivity (Wildman–Crippen MR) is 68.3 cm³/mol. The molecule has 0 aliphatic heterocycles. The lowest BCUT2D eigenvalue weighted by Crippen LogP contribution is -2.27. The van der Waals surface area contributed by atoms with Crippen LogP contribution in [0, 0.1) is 16.7 Å². The lowest BCUT2D eigenvalue weighted by atomic mass is 9.70. The molecule has 0 radical (unpaired) electrons. The van der Waals surface area contributed by atoms with E-state index in [1.165, 1.54) is 12.0 Å². The van der Waals surface area contributed by atoms with Crippen LogP contribution in [0.1, 0.15) is 38.7 Å². The van der Waals surface area contributed by atoms with E-state index in [0.717, 1.165) is 11.8 Å². The topological polar surface area (TPSA) is 0 Å². The molecule has 0 heterocycles. The van der Waals surface area contributed by atoms with Crippen molar-refractivity contribution in [1.82, 2.24) is 0 Å². The highest BCUT2D eigenvalue weighted by molar-refractivity contribution is 5.33. The van der Waals surface area contributed by atoms with Crippen LogP contribution in [0.15, 0.2) is 42.5 Å². The van der Waals surface area contributed by atoms with Gasteiger partial charge in [0.2, 0.25) is 0 Å². The van der Waals surface area contributed by atoms with Crippen molar-refractivity contribution in [3.63, 3.8) is 0 Å². The Morgan fingerprint density at radius 3 is 2.25 bits per heavy atom. The molecule has 0 spiro atoms. The highest BCUT2D eigenvalue weighted by Gasteiger charge is 2.57. The van der Waals surface area contributed by atoms with Crippen LogP contribution in [0.25, 0.3) is 0 Å². The van der Waals surface area contributed by atoms with Crippen molar-refractivity contribution >= 4 is 0 Å². The van der Waals surface area contributed by atoms with Crippen molar-refractivity contribution in [3.05, 3.63) is 48.0 Å². The molecule has 0 amide bonds. The Morgan fingerprint density at radius 2 is 1.75 bits per heavy atom. The van der Waals surface area contributed by atoms with Gasteiger partial charge >= 0.3 is 0 Å². The van der Waals surface area contributed by atoms with Gasteiger partial charge < -0.3 is 0 Å². The van der Waals surface area contributed by atoms with E-state index in [4.69, 9.17) is 0 Å². The maximum absolute atomic E-state index is 2.46. The zero-order valence-electron chi connectivity index (χ0n) is 10.4. The monoisotopic (exact) mass is 212 g/mol. The van der Waals surface area contributed by atoms with Crippen LogP contribution >= 0.6 is 0 Å². The number of hydrogen-bond acceptors (Lipinski definition) is 0. The fraction of sp³-hybridized carbons (Fsp3) is 0.500. The summed E-state index contributed by atoms with van der Waals surface area (Å²) in [6.07, 6.45) is 6.23. The summed E-state index contributed by atoms with van der Waals surface area (Å²) in [6, 6.07) is 11.0. The Balaban J connectivity index is 2.02. The minimum Gasteiger partial charge on any atom is -0.0837 e. The third kappa shape index (κ3) is 1.10. The van der Waals surface area contributed by atoms with Crippen molar-refractivity contribution in [1.29, 1.82) is 0 Å². The predicted octanol–water partition coefficient (Wildman–Crippen LogP) is 4.39. The Kier molecular flexibility index (Phi) is 1.90. The van der Waals surface area contributed by atoms with E-state index < -0.39 is 0 Å². The molecule has 16 heavy (non-hydrogen) atoms. The summed E-state index contributed by atoms with van der Waals surface area (Å²) < 4.78 is 0. The maximum atomic E-state index is 2.46. The molecule has 1 aromatic carbocycles. The van der Waals surface area contributed by atoms with Gasteiger partial charge in [0, 0.05) is 0 Å². The molecular formula is C16H20. The van der Waals surface area contributed by atoms with Gasteiger partial charge in [0.15, 0.2) is 0 Å². The molecule has 3 unspecified atom stereocenters. The van der Waals surface area contributed by atoms with Crippen LogP contribution in [0.3, 0.4) is 0 Å². The third-order valence-electron chi connectivity index (χ3n) is 5.28. The highest BCUT2D eigenvalue weighted by Crippen LogP contribution is 2.66. The van der Waals surface area contributed by atoms with Gasteiger partial charge in [-0.2, -0.15) is 0 Å². The van der Waals surface area contributed by atoms with E-state index in [2.05, 4.69) is 63.3 Å². The second-order valence-electron chi connectivity index (χ2n) is 6.25. The minimum atomic E-state index is 0.401. The van der Waals surface area contributed by atoms with Crippen LogP contribution in [0.2, 0.25) is 0 Å². The van der Waals surface area contributed by atoms with Crippen molar-refractivity contribution in [2.75, 3.05) is 0 Å². The Labute approximate surface area is 98.4 Å². The Bertz CT molecular complexity index is 427. The summed E-state index contributed by atoms with van der Waals surface area (Å²) in [6.45, 7) is 7.29. The quantitative estimate of drug-likeness (QED) is 0.605. The normalized spacial score (nSPS) is 39.2. The Hall–Kier alpha value is -1.04. The average Bonchev–Trinajstić information content (AvgIpc) is 2.62. The lowest BCUT2D eigenvalue weighted by molar-refractivity contribution is 0.181. The average molecular weight is 212 g/mol. The first kappa shape index (κ1) is 10.1. The van der Waals surface area contributed by atoms with E-state index in [0.29, 0.717) is 10.8 Å². The van der Waals surface area contributed by atoms with E-state index >= 15 is 0 Å². The molecule has 1 fully saturated rings. The highest BCUT2D eigenvalue weighted by atomic mass is 14.6. The molecule has 0 nitrogen and oxygen atoms in total. The van der Waals surface area contributed by atoms with Crippen molar-refractivity contribution in [2.45, 2.75) is 33.1 Å². The second kappa shape index (κ2) is 3.00. The van der Waals surface area contributed by atoms with Crippen LogP contribution in [0.5, 0.6) is 0 Å². The van der Waals surface area contributed by atoms with Gasteiger partial charge in [-0.3, -0.25) is 0 Å². The summed E-state index contributed by atoms with van der Waals surface area (Å²) in [4.78, 5) is 0. The number of benzene rings is 1. The molecule has 1 saturated carbocycles. The van der Waals surface area contributed by atoms with Gasteiger partial charge in [0.1, 0.15) is 0 Å². The standard InChI is InChI=1S/C16H20/c1-15(2)14-9-10-16(15,3)11-13(14)12-7-5-4-6-8-12/h4-10,13-14H,11H2,1-3H3. The van der Waals surface area contributed by atoms with Gasteiger partial charge in [0.25, 0.3) is 0 Å². The summed E-state index contributed by atoms with van der Waals surface area (Å²) in [7, 11) is 0. The van der Waals surface area contributed by atoms with E-state index in [1.807, 2.05) is 0 Å². The first-order valence-corrected chi connectivity index (χ1v) is 6.29. The molecule has 2 bridgehead atoms.